The number of amides is 1. The van der Waals surface area contributed by atoms with Crippen molar-refractivity contribution in [2.75, 3.05) is 18.1 Å². The summed E-state index contributed by atoms with van der Waals surface area (Å²) in [6, 6.07) is 21.3. The molecule has 3 aromatic carbocycles. The Labute approximate surface area is 243 Å². The van der Waals surface area contributed by atoms with E-state index in [-0.39, 0.29) is 16.7 Å². The van der Waals surface area contributed by atoms with Crippen molar-refractivity contribution in [2.45, 2.75) is 71.8 Å². The average Bonchev–Trinajstić information content (AvgIpc) is 3.23. The summed E-state index contributed by atoms with van der Waals surface area (Å²) in [5, 5.41) is 11.5. The molecular formula is C35H41NO5. The number of carbonyl (C=O) groups is 2. The topological polar surface area (TPSA) is 76.1 Å². The van der Waals surface area contributed by atoms with Gasteiger partial charge < -0.3 is 14.6 Å². The van der Waals surface area contributed by atoms with E-state index in [1.807, 2.05) is 43.3 Å². The maximum Gasteiger partial charge on any atom is 0.300 e. The lowest BCUT2D eigenvalue weighted by molar-refractivity contribution is -0.132. The zero-order chi connectivity index (χ0) is 29.6. The number of ether oxygens (including phenoxy) is 2. The molecule has 1 unspecified atom stereocenters. The highest BCUT2D eigenvalue weighted by molar-refractivity contribution is 6.51. The molecule has 0 aliphatic carbocycles. The minimum Gasteiger partial charge on any atom is -0.507 e. The number of aliphatic hydroxyl groups excluding tert-OH is 1. The molecule has 1 aliphatic rings. The Bertz CT molecular complexity index is 1380. The minimum atomic E-state index is -0.833. The van der Waals surface area contributed by atoms with Gasteiger partial charge in [0.1, 0.15) is 17.3 Å². The molecule has 0 bridgehead atoms. The van der Waals surface area contributed by atoms with Crippen molar-refractivity contribution < 1.29 is 24.2 Å². The summed E-state index contributed by atoms with van der Waals surface area (Å²) < 4.78 is 11.8. The highest BCUT2D eigenvalue weighted by Gasteiger charge is 2.47. The zero-order valence-electron chi connectivity index (χ0n) is 24.8. The first-order valence-electron chi connectivity index (χ1n) is 14.5. The highest BCUT2D eigenvalue weighted by atomic mass is 16.5. The summed E-state index contributed by atoms with van der Waals surface area (Å²) in [5.41, 5.74) is 2.75. The van der Waals surface area contributed by atoms with Crippen LogP contribution in [0.4, 0.5) is 5.69 Å². The summed E-state index contributed by atoms with van der Waals surface area (Å²) in [7, 11) is 0. The summed E-state index contributed by atoms with van der Waals surface area (Å²) in [6.45, 7) is 11.6. The Morgan fingerprint density at radius 3 is 2.15 bits per heavy atom. The van der Waals surface area contributed by atoms with E-state index < -0.39 is 17.7 Å². The van der Waals surface area contributed by atoms with Crippen LogP contribution in [0.3, 0.4) is 0 Å². The van der Waals surface area contributed by atoms with Gasteiger partial charge in [0.05, 0.1) is 30.5 Å². The highest BCUT2D eigenvalue weighted by Crippen LogP contribution is 2.45. The van der Waals surface area contributed by atoms with E-state index in [1.165, 1.54) is 4.90 Å². The van der Waals surface area contributed by atoms with Crippen LogP contribution in [0.5, 0.6) is 11.5 Å². The van der Waals surface area contributed by atoms with E-state index in [0.29, 0.717) is 36.0 Å². The van der Waals surface area contributed by atoms with Crippen molar-refractivity contribution in [3.8, 4) is 11.5 Å². The molecule has 0 radical (unpaired) electrons. The molecule has 6 heteroatoms. The Balaban J connectivity index is 1.80. The number of para-hydroxylation sites is 2. The molecule has 4 rings (SSSR count). The van der Waals surface area contributed by atoms with Crippen molar-refractivity contribution >= 4 is 23.1 Å². The predicted molar refractivity (Wildman–Crippen MR) is 164 cm³/mol. The van der Waals surface area contributed by atoms with Gasteiger partial charge in [0.2, 0.25) is 0 Å². The lowest BCUT2D eigenvalue weighted by Gasteiger charge is -2.28. The number of benzene rings is 3. The van der Waals surface area contributed by atoms with Crippen molar-refractivity contribution in [3.05, 3.63) is 95.1 Å². The summed E-state index contributed by atoms with van der Waals surface area (Å²) >= 11 is 0. The molecule has 6 nitrogen and oxygen atoms in total. The molecule has 0 aromatic heterocycles. The normalized spacial score (nSPS) is 16.7. The molecule has 1 heterocycles. The van der Waals surface area contributed by atoms with Crippen LogP contribution < -0.4 is 14.4 Å². The van der Waals surface area contributed by atoms with Gasteiger partial charge in [-0.25, -0.2) is 0 Å². The number of unbranched alkanes of at least 4 members (excludes halogenated alkanes) is 2. The van der Waals surface area contributed by atoms with E-state index in [9.17, 15) is 14.7 Å². The molecule has 0 spiro atoms. The largest absolute Gasteiger partial charge is 0.507 e. The van der Waals surface area contributed by atoms with Crippen LogP contribution in [-0.2, 0) is 15.0 Å². The molecule has 1 aliphatic heterocycles. The first-order valence-corrected chi connectivity index (χ1v) is 14.5. The van der Waals surface area contributed by atoms with Crippen LogP contribution >= 0.6 is 0 Å². The molecule has 3 aromatic rings. The van der Waals surface area contributed by atoms with Crippen molar-refractivity contribution in [1.82, 2.24) is 0 Å². The van der Waals surface area contributed by atoms with Crippen LogP contribution in [-0.4, -0.2) is 30.0 Å². The molecule has 1 atom stereocenters. The van der Waals surface area contributed by atoms with E-state index in [4.69, 9.17) is 9.47 Å². The van der Waals surface area contributed by atoms with Crippen molar-refractivity contribution in [1.29, 1.82) is 0 Å². The average molecular weight is 556 g/mol. The van der Waals surface area contributed by atoms with Crippen LogP contribution in [0.1, 0.15) is 83.0 Å². The first-order chi connectivity index (χ1) is 19.7. The molecule has 1 saturated heterocycles. The molecule has 0 saturated carbocycles. The van der Waals surface area contributed by atoms with Crippen LogP contribution in [0.2, 0.25) is 0 Å². The van der Waals surface area contributed by atoms with Crippen molar-refractivity contribution in [2.24, 2.45) is 0 Å². The van der Waals surface area contributed by atoms with Gasteiger partial charge in [0.15, 0.2) is 0 Å². The maximum atomic E-state index is 13.7. The summed E-state index contributed by atoms with van der Waals surface area (Å²) in [4.78, 5) is 28.8. The third-order valence-corrected chi connectivity index (χ3v) is 7.27. The van der Waals surface area contributed by atoms with E-state index in [2.05, 4.69) is 27.7 Å². The number of carbonyl (C=O) groups excluding carboxylic acids is 2. The number of hydrogen-bond donors (Lipinski definition) is 1. The second kappa shape index (κ2) is 13.1. The Morgan fingerprint density at radius 1 is 0.829 bits per heavy atom. The van der Waals surface area contributed by atoms with Crippen molar-refractivity contribution in [3.63, 3.8) is 0 Å². The fourth-order valence-corrected chi connectivity index (χ4v) is 4.96. The Hall–Kier alpha value is -4.06. The predicted octanol–water partition coefficient (Wildman–Crippen LogP) is 7.97. The minimum absolute atomic E-state index is 0.0421. The quantitative estimate of drug-likeness (QED) is 0.112. The molecule has 1 fully saturated rings. The second-order valence-electron chi connectivity index (χ2n) is 11.4. The van der Waals surface area contributed by atoms with Crippen LogP contribution in [0.25, 0.3) is 5.76 Å². The number of Topliss-reactive ketones (excluding diaryl/α,β-unsaturated/α-hetero) is 1. The number of hydrogen-bond acceptors (Lipinski definition) is 5. The molecular weight excluding hydrogens is 514 g/mol. The van der Waals surface area contributed by atoms with Gasteiger partial charge in [-0.1, -0.05) is 83.9 Å². The fraction of sp³-hybridized carbons (Fsp3) is 0.371. The SMILES string of the molecule is CCCCCOc1ccc(/C(O)=C2/C(=O)C(=O)N(c3ccccc3OCCC)C2c2ccc(C(C)(C)C)cc2)cc1. The fourth-order valence-electron chi connectivity index (χ4n) is 4.96. The summed E-state index contributed by atoms with van der Waals surface area (Å²) in [6.07, 6.45) is 3.98. The smallest absolute Gasteiger partial charge is 0.300 e. The third kappa shape index (κ3) is 6.64. The summed E-state index contributed by atoms with van der Waals surface area (Å²) in [5.74, 6) is -0.468. The molecule has 216 valence electrons. The zero-order valence-corrected chi connectivity index (χ0v) is 24.8. The van der Waals surface area contributed by atoms with Gasteiger partial charge in [-0.2, -0.15) is 0 Å². The van der Waals surface area contributed by atoms with Gasteiger partial charge in [0.25, 0.3) is 11.7 Å². The van der Waals surface area contributed by atoms with Crippen LogP contribution in [0.15, 0.2) is 78.4 Å². The van der Waals surface area contributed by atoms with Gasteiger partial charge >= 0.3 is 0 Å². The number of ketones is 1. The monoisotopic (exact) mass is 555 g/mol. The van der Waals surface area contributed by atoms with E-state index in [0.717, 1.165) is 36.8 Å². The van der Waals surface area contributed by atoms with Gasteiger partial charge in [-0.3, -0.25) is 14.5 Å². The number of anilines is 1. The number of aliphatic hydroxyl groups is 1. The molecule has 1 N–H and O–H groups in total. The van der Waals surface area contributed by atoms with E-state index >= 15 is 0 Å². The van der Waals surface area contributed by atoms with Gasteiger partial charge in [-0.05, 0) is 65.8 Å². The Kier molecular flexibility index (Phi) is 9.53. The van der Waals surface area contributed by atoms with Gasteiger partial charge in [0, 0.05) is 5.56 Å². The first kappa shape index (κ1) is 29.9. The number of nitrogens with zero attached hydrogens (tertiary/aromatic N) is 1. The molecule has 41 heavy (non-hydrogen) atoms. The van der Waals surface area contributed by atoms with E-state index in [1.54, 1.807) is 36.4 Å². The lowest BCUT2D eigenvalue weighted by atomic mass is 9.85. The molecule has 1 amide bonds. The number of rotatable bonds is 11. The lowest BCUT2D eigenvalue weighted by Crippen LogP contribution is -2.30. The second-order valence-corrected chi connectivity index (χ2v) is 11.4. The van der Waals surface area contributed by atoms with Crippen LogP contribution in [0, 0.1) is 0 Å². The Morgan fingerprint density at radius 2 is 1.51 bits per heavy atom. The van der Waals surface area contributed by atoms with Gasteiger partial charge in [-0.15, -0.1) is 0 Å². The standard InChI is InChI=1S/C35H41NO5/c1-6-8-11-23-40-27-20-16-25(17-21-27)32(37)30-31(24-14-18-26(19-15-24)35(3,4)5)36(34(39)33(30)38)28-12-9-10-13-29(28)41-22-7-2/h9-10,12-21,31,37H,6-8,11,22-23H2,1-5H3/b32-30-. The third-order valence-electron chi connectivity index (χ3n) is 7.27. The maximum absolute atomic E-state index is 13.7.